The third-order valence-electron chi connectivity index (χ3n) is 2.41. The lowest BCUT2D eigenvalue weighted by atomic mass is 10.1. The van der Waals surface area contributed by atoms with Gasteiger partial charge in [0.15, 0.2) is 0 Å². The standard InChI is InChI=1S/C13H21NO2/c1-10-4-5-13(11(2)8-10)16-7-6-15-12(3)9-14/h4-5,8,12H,6-7,9,14H2,1-3H3. The third-order valence-corrected chi connectivity index (χ3v) is 2.41. The van der Waals surface area contributed by atoms with Gasteiger partial charge in [0.05, 0.1) is 12.7 Å². The molecule has 1 aromatic rings. The summed E-state index contributed by atoms with van der Waals surface area (Å²) >= 11 is 0. The number of aryl methyl sites for hydroxylation is 2. The number of nitrogens with two attached hydrogens (primary N) is 1. The number of rotatable bonds is 6. The molecule has 0 aliphatic heterocycles. The van der Waals surface area contributed by atoms with Crippen molar-refractivity contribution in [1.29, 1.82) is 0 Å². The predicted octanol–water partition coefficient (Wildman–Crippen LogP) is 2.05. The molecule has 0 radical (unpaired) electrons. The summed E-state index contributed by atoms with van der Waals surface area (Å²) < 4.78 is 11.0. The molecule has 2 N–H and O–H groups in total. The summed E-state index contributed by atoms with van der Waals surface area (Å²) in [6, 6.07) is 6.15. The highest BCUT2D eigenvalue weighted by molar-refractivity contribution is 5.35. The van der Waals surface area contributed by atoms with Crippen LogP contribution < -0.4 is 10.5 Å². The third kappa shape index (κ3) is 4.21. The van der Waals surface area contributed by atoms with E-state index in [-0.39, 0.29) is 6.10 Å². The highest BCUT2D eigenvalue weighted by atomic mass is 16.5. The Bertz CT molecular complexity index is 326. The average molecular weight is 223 g/mol. The number of ether oxygens (including phenoxy) is 2. The van der Waals surface area contributed by atoms with Crippen LogP contribution >= 0.6 is 0 Å². The van der Waals surface area contributed by atoms with Gasteiger partial charge in [0, 0.05) is 6.54 Å². The van der Waals surface area contributed by atoms with Crippen molar-refractivity contribution in [3.05, 3.63) is 29.3 Å². The first-order valence-electron chi connectivity index (χ1n) is 5.65. The molecular weight excluding hydrogens is 202 g/mol. The van der Waals surface area contributed by atoms with Crippen LogP contribution in [-0.4, -0.2) is 25.9 Å². The van der Waals surface area contributed by atoms with Crippen molar-refractivity contribution in [3.8, 4) is 5.75 Å². The minimum absolute atomic E-state index is 0.0997. The van der Waals surface area contributed by atoms with Crippen molar-refractivity contribution < 1.29 is 9.47 Å². The van der Waals surface area contributed by atoms with Crippen LogP contribution in [0.4, 0.5) is 0 Å². The van der Waals surface area contributed by atoms with E-state index < -0.39 is 0 Å². The molecule has 1 atom stereocenters. The Morgan fingerprint density at radius 2 is 2.00 bits per heavy atom. The maximum Gasteiger partial charge on any atom is 0.122 e. The van der Waals surface area contributed by atoms with E-state index in [4.69, 9.17) is 15.2 Å². The van der Waals surface area contributed by atoms with Gasteiger partial charge >= 0.3 is 0 Å². The molecule has 0 bridgehead atoms. The Morgan fingerprint density at radius 3 is 2.62 bits per heavy atom. The molecule has 0 saturated carbocycles. The smallest absolute Gasteiger partial charge is 0.122 e. The second kappa shape index (κ2) is 6.51. The number of hydrogen-bond acceptors (Lipinski definition) is 3. The summed E-state index contributed by atoms with van der Waals surface area (Å²) in [4.78, 5) is 0. The molecule has 16 heavy (non-hydrogen) atoms. The monoisotopic (exact) mass is 223 g/mol. The van der Waals surface area contributed by atoms with E-state index in [2.05, 4.69) is 13.0 Å². The molecule has 0 aromatic heterocycles. The second-order valence-corrected chi connectivity index (χ2v) is 4.03. The van der Waals surface area contributed by atoms with Gasteiger partial charge in [-0.1, -0.05) is 17.7 Å². The molecular formula is C13H21NO2. The molecule has 1 aromatic carbocycles. The van der Waals surface area contributed by atoms with Crippen molar-refractivity contribution in [1.82, 2.24) is 0 Å². The van der Waals surface area contributed by atoms with E-state index in [9.17, 15) is 0 Å². The molecule has 0 aliphatic rings. The molecule has 0 fully saturated rings. The zero-order valence-corrected chi connectivity index (χ0v) is 10.3. The van der Waals surface area contributed by atoms with E-state index >= 15 is 0 Å². The van der Waals surface area contributed by atoms with Crippen LogP contribution in [0.5, 0.6) is 5.75 Å². The van der Waals surface area contributed by atoms with Crippen molar-refractivity contribution >= 4 is 0 Å². The largest absolute Gasteiger partial charge is 0.491 e. The van der Waals surface area contributed by atoms with Gasteiger partial charge in [-0.25, -0.2) is 0 Å². The maximum absolute atomic E-state index is 5.62. The molecule has 0 amide bonds. The zero-order valence-electron chi connectivity index (χ0n) is 10.3. The van der Waals surface area contributed by atoms with Crippen LogP contribution in [0.15, 0.2) is 18.2 Å². The van der Waals surface area contributed by atoms with Gasteiger partial charge in [0.1, 0.15) is 12.4 Å². The lowest BCUT2D eigenvalue weighted by Gasteiger charge is -2.12. The highest BCUT2D eigenvalue weighted by Crippen LogP contribution is 2.18. The maximum atomic E-state index is 5.62. The van der Waals surface area contributed by atoms with Crippen LogP contribution in [0.2, 0.25) is 0 Å². The van der Waals surface area contributed by atoms with Crippen molar-refractivity contribution in [3.63, 3.8) is 0 Å². The van der Waals surface area contributed by atoms with Gasteiger partial charge in [-0.15, -0.1) is 0 Å². The summed E-state index contributed by atoms with van der Waals surface area (Å²) in [6.07, 6.45) is 0.0997. The fourth-order valence-electron chi connectivity index (χ4n) is 1.43. The van der Waals surface area contributed by atoms with Crippen molar-refractivity contribution in [2.75, 3.05) is 19.8 Å². The lowest BCUT2D eigenvalue weighted by Crippen LogP contribution is -2.22. The van der Waals surface area contributed by atoms with Crippen LogP contribution in [0.25, 0.3) is 0 Å². The first-order chi connectivity index (χ1) is 7.63. The van der Waals surface area contributed by atoms with E-state index in [0.717, 1.165) is 11.3 Å². The van der Waals surface area contributed by atoms with Crippen molar-refractivity contribution in [2.45, 2.75) is 26.9 Å². The molecule has 1 rings (SSSR count). The van der Waals surface area contributed by atoms with Gasteiger partial charge in [0.25, 0.3) is 0 Å². The molecule has 0 spiro atoms. The molecule has 0 saturated heterocycles. The molecule has 0 aliphatic carbocycles. The van der Waals surface area contributed by atoms with E-state index in [1.54, 1.807) is 0 Å². The van der Waals surface area contributed by atoms with Crippen LogP contribution in [0.3, 0.4) is 0 Å². The van der Waals surface area contributed by atoms with Crippen molar-refractivity contribution in [2.24, 2.45) is 5.73 Å². The molecule has 1 unspecified atom stereocenters. The molecule has 0 heterocycles. The number of benzene rings is 1. The topological polar surface area (TPSA) is 44.5 Å². The Morgan fingerprint density at radius 1 is 1.25 bits per heavy atom. The summed E-state index contributed by atoms with van der Waals surface area (Å²) in [5.41, 5.74) is 7.85. The summed E-state index contributed by atoms with van der Waals surface area (Å²) in [5.74, 6) is 0.926. The fraction of sp³-hybridized carbons (Fsp3) is 0.538. The second-order valence-electron chi connectivity index (χ2n) is 4.03. The fourth-order valence-corrected chi connectivity index (χ4v) is 1.43. The number of hydrogen-bond donors (Lipinski definition) is 1. The van der Waals surface area contributed by atoms with Gasteiger partial charge in [-0.2, -0.15) is 0 Å². The summed E-state index contributed by atoms with van der Waals surface area (Å²) in [7, 11) is 0. The van der Waals surface area contributed by atoms with Crippen LogP contribution in [0.1, 0.15) is 18.1 Å². The molecule has 3 heteroatoms. The van der Waals surface area contributed by atoms with Gasteiger partial charge in [-0.3, -0.25) is 0 Å². The van der Waals surface area contributed by atoms with Crippen LogP contribution in [-0.2, 0) is 4.74 Å². The van der Waals surface area contributed by atoms with Gasteiger partial charge in [0.2, 0.25) is 0 Å². The lowest BCUT2D eigenvalue weighted by molar-refractivity contribution is 0.0495. The average Bonchev–Trinajstić information content (AvgIpc) is 2.26. The van der Waals surface area contributed by atoms with E-state index in [1.807, 2.05) is 26.0 Å². The predicted molar refractivity (Wildman–Crippen MR) is 65.9 cm³/mol. The Hall–Kier alpha value is -1.06. The zero-order chi connectivity index (χ0) is 12.0. The van der Waals surface area contributed by atoms with Crippen LogP contribution in [0, 0.1) is 13.8 Å². The SMILES string of the molecule is Cc1ccc(OCCOC(C)CN)c(C)c1. The van der Waals surface area contributed by atoms with Gasteiger partial charge < -0.3 is 15.2 Å². The molecule has 90 valence electrons. The minimum Gasteiger partial charge on any atom is -0.491 e. The first kappa shape index (κ1) is 13.0. The Balaban J connectivity index is 2.32. The summed E-state index contributed by atoms with van der Waals surface area (Å²) in [6.45, 7) is 7.76. The quantitative estimate of drug-likeness (QED) is 0.751. The normalized spacial score (nSPS) is 12.5. The van der Waals surface area contributed by atoms with E-state index in [0.29, 0.717) is 19.8 Å². The Kier molecular flexibility index (Phi) is 5.29. The Labute approximate surface area is 97.6 Å². The summed E-state index contributed by atoms with van der Waals surface area (Å²) in [5, 5.41) is 0. The van der Waals surface area contributed by atoms with Gasteiger partial charge in [-0.05, 0) is 32.4 Å². The first-order valence-corrected chi connectivity index (χ1v) is 5.65. The molecule has 3 nitrogen and oxygen atoms in total. The highest BCUT2D eigenvalue weighted by Gasteiger charge is 2.01. The minimum atomic E-state index is 0.0997. The van der Waals surface area contributed by atoms with E-state index in [1.165, 1.54) is 5.56 Å².